The van der Waals surface area contributed by atoms with Crippen molar-refractivity contribution in [3.05, 3.63) is 0 Å². The van der Waals surface area contributed by atoms with Crippen LogP contribution in [0.25, 0.3) is 0 Å². The quantitative estimate of drug-likeness (QED) is 0.538. The number of carboxylic acids is 1. The molecule has 0 aliphatic rings. The first-order valence-corrected chi connectivity index (χ1v) is 6.04. The lowest BCUT2D eigenvalue weighted by Gasteiger charge is -2.10. The van der Waals surface area contributed by atoms with Gasteiger partial charge in [-0.3, -0.25) is 4.18 Å². The van der Waals surface area contributed by atoms with Gasteiger partial charge in [-0.25, -0.2) is 4.79 Å². The molecule has 0 radical (unpaired) electrons. The molecular formula is C9H14O5S. The van der Waals surface area contributed by atoms with Gasteiger partial charge in [-0.1, -0.05) is 0 Å². The Balaban J connectivity index is 4.40. The number of hydrogen-bond acceptors (Lipinski definition) is 4. The van der Waals surface area contributed by atoms with E-state index < -0.39 is 22.2 Å². The van der Waals surface area contributed by atoms with Crippen molar-refractivity contribution in [1.29, 1.82) is 0 Å². The minimum Gasteiger partial charge on any atom is -0.479 e. The minimum atomic E-state index is -3.73. The maximum atomic E-state index is 11.0. The van der Waals surface area contributed by atoms with Crippen LogP contribution in [0, 0.1) is 11.8 Å². The Labute approximate surface area is 89.6 Å². The van der Waals surface area contributed by atoms with Crippen molar-refractivity contribution in [2.24, 2.45) is 0 Å². The molecule has 5 nitrogen and oxygen atoms in total. The van der Waals surface area contributed by atoms with Crippen LogP contribution in [-0.4, -0.2) is 31.4 Å². The van der Waals surface area contributed by atoms with E-state index in [9.17, 15) is 13.2 Å². The monoisotopic (exact) mass is 234 g/mol. The molecule has 0 aliphatic carbocycles. The van der Waals surface area contributed by atoms with Gasteiger partial charge >= 0.3 is 5.97 Å². The van der Waals surface area contributed by atoms with Gasteiger partial charge in [0, 0.05) is 6.42 Å². The van der Waals surface area contributed by atoms with Crippen molar-refractivity contribution >= 4 is 16.1 Å². The molecule has 6 heteroatoms. The lowest BCUT2D eigenvalue weighted by Crippen LogP contribution is -2.27. The van der Waals surface area contributed by atoms with Gasteiger partial charge in [0.2, 0.25) is 0 Å². The first-order chi connectivity index (χ1) is 6.93. The molecule has 0 spiro atoms. The van der Waals surface area contributed by atoms with Gasteiger partial charge in [-0.2, -0.15) is 8.42 Å². The molecule has 86 valence electrons. The second-order valence-electron chi connectivity index (χ2n) is 2.73. The van der Waals surface area contributed by atoms with Gasteiger partial charge in [-0.15, -0.1) is 11.8 Å². The molecule has 15 heavy (non-hydrogen) atoms. The zero-order valence-electron chi connectivity index (χ0n) is 8.69. The zero-order valence-corrected chi connectivity index (χ0v) is 9.50. The zero-order chi connectivity index (χ0) is 11.9. The maximum absolute atomic E-state index is 11.0. The number of aliphatic carboxylic acids is 1. The third-order valence-electron chi connectivity index (χ3n) is 1.60. The molecule has 0 amide bonds. The van der Waals surface area contributed by atoms with Gasteiger partial charge < -0.3 is 5.11 Å². The van der Waals surface area contributed by atoms with E-state index in [0.717, 1.165) is 0 Å². The van der Waals surface area contributed by atoms with Crippen molar-refractivity contribution in [2.45, 2.75) is 32.8 Å². The summed E-state index contributed by atoms with van der Waals surface area (Å²) in [6.07, 6.45) is -0.974. The Morgan fingerprint density at radius 1 is 1.53 bits per heavy atom. The molecule has 1 atom stereocenters. The van der Waals surface area contributed by atoms with Crippen molar-refractivity contribution in [3.8, 4) is 11.8 Å². The fourth-order valence-corrected chi connectivity index (χ4v) is 1.45. The van der Waals surface area contributed by atoms with E-state index in [0.29, 0.717) is 6.42 Å². The summed E-state index contributed by atoms with van der Waals surface area (Å²) in [5, 5.41) is 8.69. The summed E-state index contributed by atoms with van der Waals surface area (Å²) in [7, 11) is -3.73. The van der Waals surface area contributed by atoms with Crippen LogP contribution in [0.15, 0.2) is 0 Å². The molecule has 0 saturated carbocycles. The van der Waals surface area contributed by atoms with Crippen LogP contribution < -0.4 is 0 Å². The highest BCUT2D eigenvalue weighted by molar-refractivity contribution is 7.86. The second kappa shape index (κ2) is 6.43. The number of carbonyl (C=O) groups is 1. The molecule has 1 N–H and O–H groups in total. The summed E-state index contributed by atoms with van der Waals surface area (Å²) < 4.78 is 26.6. The minimum absolute atomic E-state index is 0.0649. The maximum Gasteiger partial charge on any atom is 0.334 e. The van der Waals surface area contributed by atoms with Crippen LogP contribution in [0.2, 0.25) is 0 Å². The van der Waals surface area contributed by atoms with E-state index in [1.165, 1.54) is 6.92 Å². The standard InChI is InChI=1S/C9H14O5S/c1-3-5-6-7-8(9(10)11)14-15(12,13)4-2/h8H,4,6-7H2,1-2H3,(H,10,11). The highest BCUT2D eigenvalue weighted by Crippen LogP contribution is 2.07. The van der Waals surface area contributed by atoms with Crippen molar-refractivity contribution < 1.29 is 22.5 Å². The Morgan fingerprint density at radius 2 is 2.13 bits per heavy atom. The van der Waals surface area contributed by atoms with Gasteiger partial charge in [0.15, 0.2) is 6.10 Å². The highest BCUT2D eigenvalue weighted by Gasteiger charge is 2.23. The summed E-state index contributed by atoms with van der Waals surface area (Å²) in [5.41, 5.74) is 0. The van der Waals surface area contributed by atoms with Crippen molar-refractivity contribution in [2.75, 3.05) is 5.75 Å². The Morgan fingerprint density at radius 3 is 2.53 bits per heavy atom. The molecule has 0 fully saturated rings. The van der Waals surface area contributed by atoms with Gasteiger partial charge in [0.25, 0.3) is 10.1 Å². The molecule has 0 rings (SSSR count). The fourth-order valence-electron chi connectivity index (χ4n) is 0.786. The normalized spacial score (nSPS) is 12.7. The molecular weight excluding hydrogens is 220 g/mol. The van der Waals surface area contributed by atoms with Crippen LogP contribution >= 0.6 is 0 Å². The molecule has 0 aliphatic heterocycles. The second-order valence-corrected chi connectivity index (χ2v) is 4.62. The molecule has 0 aromatic carbocycles. The lowest BCUT2D eigenvalue weighted by atomic mass is 10.2. The lowest BCUT2D eigenvalue weighted by molar-refractivity contribution is -0.145. The summed E-state index contributed by atoms with van der Waals surface area (Å²) in [6, 6.07) is 0. The summed E-state index contributed by atoms with van der Waals surface area (Å²) in [5.74, 6) is 3.71. The van der Waals surface area contributed by atoms with Crippen LogP contribution in [0.5, 0.6) is 0 Å². The molecule has 1 unspecified atom stereocenters. The first-order valence-electron chi connectivity index (χ1n) is 4.46. The Kier molecular flexibility index (Phi) is 5.97. The largest absolute Gasteiger partial charge is 0.479 e. The van der Waals surface area contributed by atoms with Crippen LogP contribution in [0.1, 0.15) is 26.7 Å². The SMILES string of the molecule is CC#CCCC(OS(=O)(=O)CC)C(=O)O. The van der Waals surface area contributed by atoms with E-state index in [1.807, 2.05) is 0 Å². The summed E-state index contributed by atoms with van der Waals surface area (Å²) in [4.78, 5) is 10.6. The van der Waals surface area contributed by atoms with Gasteiger partial charge in [-0.05, 0) is 20.3 Å². The molecule has 0 aromatic heterocycles. The topological polar surface area (TPSA) is 80.7 Å². The molecule has 0 aromatic rings. The third kappa shape index (κ3) is 6.10. The van der Waals surface area contributed by atoms with E-state index >= 15 is 0 Å². The number of hydrogen-bond donors (Lipinski definition) is 1. The first kappa shape index (κ1) is 13.9. The van der Waals surface area contributed by atoms with E-state index in [-0.39, 0.29) is 12.2 Å². The van der Waals surface area contributed by atoms with E-state index in [1.54, 1.807) is 6.92 Å². The highest BCUT2D eigenvalue weighted by atomic mass is 32.2. The summed E-state index contributed by atoms with van der Waals surface area (Å²) >= 11 is 0. The third-order valence-corrected chi connectivity index (χ3v) is 2.83. The Bertz CT molecular complexity index is 360. The predicted molar refractivity (Wildman–Crippen MR) is 54.7 cm³/mol. The van der Waals surface area contributed by atoms with Gasteiger partial charge in [0.05, 0.1) is 5.75 Å². The summed E-state index contributed by atoms with van der Waals surface area (Å²) in [6.45, 7) is 3.01. The van der Waals surface area contributed by atoms with Crippen LogP contribution in [0.3, 0.4) is 0 Å². The van der Waals surface area contributed by atoms with Crippen molar-refractivity contribution in [1.82, 2.24) is 0 Å². The Hall–Kier alpha value is -1.06. The van der Waals surface area contributed by atoms with Crippen LogP contribution in [-0.2, 0) is 19.1 Å². The average molecular weight is 234 g/mol. The average Bonchev–Trinajstić information content (AvgIpc) is 2.16. The number of carboxylic acid groups (broad SMARTS) is 1. The molecule has 0 heterocycles. The van der Waals surface area contributed by atoms with Gasteiger partial charge in [0.1, 0.15) is 0 Å². The van der Waals surface area contributed by atoms with Crippen LogP contribution in [0.4, 0.5) is 0 Å². The fraction of sp³-hybridized carbons (Fsp3) is 0.667. The smallest absolute Gasteiger partial charge is 0.334 e. The van der Waals surface area contributed by atoms with E-state index in [4.69, 9.17) is 5.11 Å². The van der Waals surface area contributed by atoms with E-state index in [2.05, 4.69) is 16.0 Å². The molecule has 0 saturated heterocycles. The predicted octanol–water partition coefficient (Wildman–Crippen LogP) is 0.609. The molecule has 0 bridgehead atoms. The number of rotatable bonds is 6. The van der Waals surface area contributed by atoms with Crippen molar-refractivity contribution in [3.63, 3.8) is 0 Å².